The van der Waals surface area contributed by atoms with Crippen molar-refractivity contribution in [2.75, 3.05) is 6.54 Å². The zero-order valence-corrected chi connectivity index (χ0v) is 8.32. The van der Waals surface area contributed by atoms with Crippen LogP contribution in [0.3, 0.4) is 0 Å². The summed E-state index contributed by atoms with van der Waals surface area (Å²) in [5.74, 6) is -0.227. The van der Waals surface area contributed by atoms with Gasteiger partial charge >= 0.3 is 0 Å². The Morgan fingerprint density at radius 1 is 1.53 bits per heavy atom. The quantitative estimate of drug-likeness (QED) is 0.784. The molecule has 0 aromatic heterocycles. The Labute approximate surface area is 87.7 Å². The van der Waals surface area contributed by atoms with Gasteiger partial charge in [-0.3, -0.25) is 4.79 Å². The van der Waals surface area contributed by atoms with Crippen molar-refractivity contribution in [3.8, 4) is 0 Å². The molecule has 0 radical (unpaired) electrons. The van der Waals surface area contributed by atoms with Gasteiger partial charge in [0.2, 0.25) is 5.91 Å². The molecule has 0 aliphatic carbocycles. The molecular formula is C11H13FN2O. The van der Waals surface area contributed by atoms with Crippen LogP contribution in [-0.4, -0.2) is 23.4 Å². The summed E-state index contributed by atoms with van der Waals surface area (Å²) < 4.78 is 12.9. The second-order valence-corrected chi connectivity index (χ2v) is 3.87. The van der Waals surface area contributed by atoms with Gasteiger partial charge < -0.3 is 10.6 Å². The van der Waals surface area contributed by atoms with Crippen LogP contribution in [0.4, 0.5) is 4.39 Å². The summed E-state index contributed by atoms with van der Waals surface area (Å²) in [6.07, 6.45) is 0.398. The van der Waals surface area contributed by atoms with Gasteiger partial charge in [0.1, 0.15) is 5.82 Å². The molecule has 0 unspecified atom stereocenters. The summed E-state index contributed by atoms with van der Waals surface area (Å²) in [5.41, 5.74) is 6.47. The summed E-state index contributed by atoms with van der Waals surface area (Å²) in [4.78, 5) is 13.1. The Morgan fingerprint density at radius 2 is 2.33 bits per heavy atom. The third-order valence-corrected chi connectivity index (χ3v) is 2.51. The van der Waals surface area contributed by atoms with E-state index in [1.165, 1.54) is 12.1 Å². The fourth-order valence-electron chi connectivity index (χ4n) is 1.81. The van der Waals surface area contributed by atoms with Gasteiger partial charge in [0.05, 0.1) is 0 Å². The van der Waals surface area contributed by atoms with Gasteiger partial charge in [-0.25, -0.2) is 4.39 Å². The molecule has 2 rings (SSSR count). The standard InChI is InChI=1S/C11H13FN2O/c12-9-3-1-2-8(4-9)6-14-7-10(13)5-11(14)15/h1-4,10H,5-7,13H2/t10-/m1/s1. The fraction of sp³-hybridized carbons (Fsp3) is 0.364. The number of hydrogen-bond acceptors (Lipinski definition) is 2. The maximum absolute atomic E-state index is 12.9. The highest BCUT2D eigenvalue weighted by molar-refractivity contribution is 5.79. The van der Waals surface area contributed by atoms with Crippen molar-refractivity contribution >= 4 is 5.91 Å². The topological polar surface area (TPSA) is 46.3 Å². The Balaban J connectivity index is 2.06. The molecule has 3 nitrogen and oxygen atoms in total. The first-order valence-corrected chi connectivity index (χ1v) is 4.93. The number of benzene rings is 1. The zero-order chi connectivity index (χ0) is 10.8. The van der Waals surface area contributed by atoms with Gasteiger partial charge in [-0.2, -0.15) is 0 Å². The van der Waals surface area contributed by atoms with Crippen LogP contribution in [0.1, 0.15) is 12.0 Å². The lowest BCUT2D eigenvalue weighted by Crippen LogP contribution is -2.27. The van der Waals surface area contributed by atoms with E-state index in [4.69, 9.17) is 5.73 Å². The van der Waals surface area contributed by atoms with Crippen LogP contribution in [-0.2, 0) is 11.3 Å². The van der Waals surface area contributed by atoms with Gasteiger partial charge in [-0.05, 0) is 17.7 Å². The molecule has 15 heavy (non-hydrogen) atoms. The van der Waals surface area contributed by atoms with E-state index in [2.05, 4.69) is 0 Å². The Kier molecular flexibility index (Phi) is 2.68. The molecule has 1 heterocycles. The average Bonchev–Trinajstić information content (AvgIpc) is 2.45. The minimum absolute atomic E-state index is 0.0479. The molecule has 1 amide bonds. The monoisotopic (exact) mass is 208 g/mol. The van der Waals surface area contributed by atoms with Gasteiger partial charge in [0.15, 0.2) is 0 Å². The van der Waals surface area contributed by atoms with Crippen molar-refractivity contribution in [3.05, 3.63) is 35.6 Å². The molecule has 4 heteroatoms. The van der Waals surface area contributed by atoms with E-state index in [0.717, 1.165) is 5.56 Å². The third-order valence-electron chi connectivity index (χ3n) is 2.51. The number of rotatable bonds is 2. The summed E-state index contributed by atoms with van der Waals surface area (Å²) in [6, 6.07) is 6.20. The largest absolute Gasteiger partial charge is 0.337 e. The second kappa shape index (κ2) is 3.98. The van der Waals surface area contributed by atoms with E-state index in [-0.39, 0.29) is 17.8 Å². The molecule has 80 valence electrons. The highest BCUT2D eigenvalue weighted by atomic mass is 19.1. The first-order chi connectivity index (χ1) is 7.15. The van der Waals surface area contributed by atoms with Gasteiger partial charge in [0.25, 0.3) is 0 Å². The van der Waals surface area contributed by atoms with Gasteiger partial charge in [0, 0.05) is 25.6 Å². The molecule has 1 fully saturated rings. The normalized spacial score (nSPS) is 21.1. The maximum atomic E-state index is 12.9. The van der Waals surface area contributed by atoms with Crippen LogP contribution in [0, 0.1) is 5.82 Å². The maximum Gasteiger partial charge on any atom is 0.224 e. The van der Waals surface area contributed by atoms with Crippen molar-refractivity contribution in [1.82, 2.24) is 4.90 Å². The first-order valence-electron chi connectivity index (χ1n) is 4.93. The molecule has 1 aromatic carbocycles. The number of carbonyl (C=O) groups excluding carboxylic acids is 1. The number of hydrogen-bond donors (Lipinski definition) is 1. The molecule has 0 bridgehead atoms. The zero-order valence-electron chi connectivity index (χ0n) is 8.32. The summed E-state index contributed by atoms with van der Waals surface area (Å²) in [5, 5.41) is 0. The van der Waals surface area contributed by atoms with Crippen LogP contribution < -0.4 is 5.73 Å². The lowest BCUT2D eigenvalue weighted by atomic mass is 10.2. The molecule has 0 saturated carbocycles. The Morgan fingerprint density at radius 3 is 2.93 bits per heavy atom. The van der Waals surface area contributed by atoms with E-state index in [1.54, 1.807) is 17.0 Å². The lowest BCUT2D eigenvalue weighted by molar-refractivity contribution is -0.128. The summed E-state index contributed by atoms with van der Waals surface area (Å²) in [7, 11) is 0. The predicted molar refractivity (Wildman–Crippen MR) is 54.4 cm³/mol. The highest BCUT2D eigenvalue weighted by Gasteiger charge is 2.26. The van der Waals surface area contributed by atoms with Crippen molar-refractivity contribution in [3.63, 3.8) is 0 Å². The fourth-order valence-corrected chi connectivity index (χ4v) is 1.81. The highest BCUT2D eigenvalue weighted by Crippen LogP contribution is 2.14. The number of amides is 1. The second-order valence-electron chi connectivity index (χ2n) is 3.87. The number of nitrogens with two attached hydrogens (primary N) is 1. The molecule has 1 saturated heterocycles. The molecular weight excluding hydrogens is 195 g/mol. The van der Waals surface area contributed by atoms with Crippen LogP contribution in [0.15, 0.2) is 24.3 Å². The summed E-state index contributed by atoms with van der Waals surface area (Å²) >= 11 is 0. The SMILES string of the molecule is N[C@@H]1CC(=O)N(Cc2cccc(F)c2)C1. The van der Waals surface area contributed by atoms with Crippen molar-refractivity contribution in [2.24, 2.45) is 5.73 Å². The predicted octanol–water partition coefficient (Wildman–Crippen LogP) is 0.885. The average molecular weight is 208 g/mol. The van der Waals surface area contributed by atoms with Crippen molar-refractivity contribution in [1.29, 1.82) is 0 Å². The van der Waals surface area contributed by atoms with Crippen LogP contribution in [0.25, 0.3) is 0 Å². The van der Waals surface area contributed by atoms with E-state index >= 15 is 0 Å². The molecule has 1 aliphatic rings. The van der Waals surface area contributed by atoms with E-state index in [0.29, 0.717) is 19.5 Å². The molecule has 0 spiro atoms. The minimum Gasteiger partial charge on any atom is -0.337 e. The van der Waals surface area contributed by atoms with E-state index in [9.17, 15) is 9.18 Å². The number of nitrogens with zero attached hydrogens (tertiary/aromatic N) is 1. The summed E-state index contributed by atoms with van der Waals surface area (Å²) in [6.45, 7) is 1.01. The van der Waals surface area contributed by atoms with E-state index < -0.39 is 0 Å². The molecule has 2 N–H and O–H groups in total. The van der Waals surface area contributed by atoms with Crippen molar-refractivity contribution < 1.29 is 9.18 Å². The minimum atomic E-state index is -0.275. The molecule has 1 aliphatic heterocycles. The Hall–Kier alpha value is -1.42. The smallest absolute Gasteiger partial charge is 0.224 e. The van der Waals surface area contributed by atoms with Crippen molar-refractivity contribution in [2.45, 2.75) is 19.0 Å². The lowest BCUT2D eigenvalue weighted by Gasteiger charge is -2.15. The van der Waals surface area contributed by atoms with Gasteiger partial charge in [-0.1, -0.05) is 12.1 Å². The van der Waals surface area contributed by atoms with Crippen LogP contribution in [0.5, 0.6) is 0 Å². The molecule has 1 atom stereocenters. The van der Waals surface area contributed by atoms with Crippen LogP contribution >= 0.6 is 0 Å². The third kappa shape index (κ3) is 2.33. The number of likely N-dealkylation sites (tertiary alicyclic amines) is 1. The van der Waals surface area contributed by atoms with Crippen LogP contribution in [0.2, 0.25) is 0 Å². The first kappa shape index (κ1) is 10.1. The Bertz CT molecular complexity index is 381. The van der Waals surface area contributed by atoms with E-state index in [1.807, 2.05) is 0 Å². The van der Waals surface area contributed by atoms with Gasteiger partial charge in [-0.15, -0.1) is 0 Å². The number of carbonyl (C=O) groups is 1. The molecule has 1 aromatic rings. The number of halogens is 1.